The molecule has 13 heteroatoms. The van der Waals surface area contributed by atoms with Gasteiger partial charge in [0.05, 0.1) is 18.6 Å². The topological polar surface area (TPSA) is 163 Å². The predicted octanol–water partition coefficient (Wildman–Crippen LogP) is 4.07. The maximum Gasteiger partial charge on any atom is 0.315 e. The van der Waals surface area contributed by atoms with Crippen molar-refractivity contribution >= 4 is 40.9 Å². The molecular weight excluding hydrogens is 681 g/mol. The molecule has 1 heterocycles. The summed E-state index contributed by atoms with van der Waals surface area (Å²) in [6, 6.07) is -3.55. The fraction of sp³-hybridized carbons (Fsp3) is 0.821. The van der Waals surface area contributed by atoms with Crippen LogP contribution in [0.1, 0.15) is 112 Å². The monoisotopic (exact) mass is 746 g/mol. The van der Waals surface area contributed by atoms with Gasteiger partial charge in [0.15, 0.2) is 0 Å². The molecule has 4 aliphatic rings. The summed E-state index contributed by atoms with van der Waals surface area (Å²) in [4.78, 5) is 71.5. The average Bonchev–Trinajstić information content (AvgIpc) is 3.59. The van der Waals surface area contributed by atoms with Crippen LogP contribution in [0.15, 0.2) is 12.7 Å². The fourth-order valence-corrected chi connectivity index (χ4v) is 9.28. The van der Waals surface area contributed by atoms with Crippen LogP contribution < -0.4 is 21.3 Å². The van der Waals surface area contributed by atoms with Crippen LogP contribution in [0.4, 0.5) is 4.79 Å². The zero-order valence-corrected chi connectivity index (χ0v) is 33.8. The number of Topliss-reactive ketones (excluding diaryl/α,β-unsaturated/α-hetero) is 1. The highest BCUT2D eigenvalue weighted by molar-refractivity contribution is 7.88. The molecule has 1 saturated heterocycles. The van der Waals surface area contributed by atoms with E-state index in [1.54, 1.807) is 22.5 Å². The third kappa shape index (κ3) is 9.91. The van der Waals surface area contributed by atoms with Crippen LogP contribution in [0.5, 0.6) is 0 Å². The number of nitrogens with zero attached hydrogens (tertiary/aromatic N) is 2. The quantitative estimate of drug-likeness (QED) is 0.112. The molecule has 52 heavy (non-hydrogen) atoms. The number of rotatable bonds is 15. The van der Waals surface area contributed by atoms with Gasteiger partial charge in [0, 0.05) is 31.5 Å². The van der Waals surface area contributed by atoms with Gasteiger partial charge in [0.2, 0.25) is 17.6 Å². The highest BCUT2D eigenvalue weighted by Gasteiger charge is 2.58. The van der Waals surface area contributed by atoms with E-state index in [0.29, 0.717) is 19.5 Å². The number of hydrogen-bond donors (Lipinski definition) is 4. The maximum atomic E-state index is 15.1. The minimum atomic E-state index is -1.23. The largest absolute Gasteiger partial charge is 0.598 e. The summed E-state index contributed by atoms with van der Waals surface area (Å²) in [6.07, 6.45) is 12.5. The second kappa shape index (κ2) is 17.2. The Kier molecular flexibility index (Phi) is 13.9. The van der Waals surface area contributed by atoms with Crippen molar-refractivity contribution in [2.75, 3.05) is 32.9 Å². The number of carbonyl (C=O) groups is 5. The Balaban J connectivity index is 1.64. The highest BCUT2D eigenvalue weighted by atomic mass is 32.2. The van der Waals surface area contributed by atoms with Crippen LogP contribution in [-0.4, -0.2) is 100 Å². The zero-order chi connectivity index (χ0) is 38.6. The highest BCUT2D eigenvalue weighted by Crippen LogP contribution is 2.53. The molecule has 0 aromatic rings. The molecule has 5 amide bonds. The van der Waals surface area contributed by atoms with Gasteiger partial charge in [-0.1, -0.05) is 86.1 Å². The third-order valence-corrected chi connectivity index (χ3v) is 13.9. The van der Waals surface area contributed by atoms with E-state index in [2.05, 4.69) is 48.6 Å². The first-order chi connectivity index (χ1) is 24.3. The van der Waals surface area contributed by atoms with Crippen molar-refractivity contribution in [1.82, 2.24) is 30.5 Å². The molecule has 3 saturated carbocycles. The van der Waals surface area contributed by atoms with E-state index in [0.717, 1.165) is 64.2 Å². The number of fused-ring (bicyclic) bond motifs is 1. The van der Waals surface area contributed by atoms with Crippen molar-refractivity contribution in [1.29, 1.82) is 0 Å². The van der Waals surface area contributed by atoms with Crippen LogP contribution in [0, 0.1) is 34.0 Å². The minimum absolute atomic E-state index is 0.0632. The summed E-state index contributed by atoms with van der Waals surface area (Å²) in [5.74, 6) is -1.94. The number of ketones is 1. The van der Waals surface area contributed by atoms with Crippen LogP contribution >= 0.6 is 0 Å². The van der Waals surface area contributed by atoms with Gasteiger partial charge in [-0.15, -0.1) is 10.9 Å². The van der Waals surface area contributed by atoms with Crippen molar-refractivity contribution < 1.29 is 28.5 Å². The summed E-state index contributed by atoms with van der Waals surface area (Å²) in [5.41, 5.74) is -1.01. The summed E-state index contributed by atoms with van der Waals surface area (Å²) in [5, 5.41) is 11.7. The lowest BCUT2D eigenvalue weighted by atomic mass is 9.70. The van der Waals surface area contributed by atoms with E-state index in [1.165, 1.54) is 6.08 Å². The summed E-state index contributed by atoms with van der Waals surface area (Å²) >= 11 is -1.23. The minimum Gasteiger partial charge on any atom is -0.598 e. The molecule has 0 radical (unpaired) electrons. The average molecular weight is 747 g/mol. The van der Waals surface area contributed by atoms with Crippen LogP contribution in [-0.2, 0) is 30.5 Å². The summed E-state index contributed by atoms with van der Waals surface area (Å²) in [7, 11) is 1.75. The molecule has 294 valence electrons. The molecule has 0 spiro atoms. The van der Waals surface area contributed by atoms with Crippen molar-refractivity contribution in [2.24, 2.45) is 34.0 Å². The standard InChI is InChI=1S/C39H66N6O6S/c1-10-21-40-34(48)31(46)28(22-25-15-14-16-25)41-33(47)30-26-17-20-38(5,6)27(26)23-45(30)35(49)32(39(7)18-12-11-13-19-39)43-36(50)42-29(37(2,3)4)24-44(8)52(9)51/h10,25-30,32H,1,11-24H2,2-9H3,(H,40,48)(H,41,47)(H2,42,43,50)/t26-,27-,28?,29+,30-,32+,52?/m0/s1. The number of likely N-dealkylation sites (N-methyl/N-ethyl adjacent to an activating group) is 1. The van der Waals surface area contributed by atoms with Crippen molar-refractivity contribution in [2.45, 2.75) is 136 Å². The first-order valence-corrected chi connectivity index (χ1v) is 21.0. The first kappa shape index (κ1) is 42.1. The number of amides is 5. The van der Waals surface area contributed by atoms with Crippen molar-refractivity contribution in [3.05, 3.63) is 12.7 Å². The van der Waals surface area contributed by atoms with E-state index in [-0.39, 0.29) is 47.1 Å². The van der Waals surface area contributed by atoms with Crippen molar-refractivity contribution in [3.63, 3.8) is 0 Å². The molecule has 3 aliphatic carbocycles. The second-order valence-electron chi connectivity index (χ2n) is 18.1. The molecule has 1 aliphatic heterocycles. The molecule has 4 N–H and O–H groups in total. The molecule has 0 bridgehead atoms. The Morgan fingerprint density at radius 1 is 0.981 bits per heavy atom. The number of carbonyl (C=O) groups excluding carboxylic acids is 5. The molecule has 4 rings (SSSR count). The second-order valence-corrected chi connectivity index (χ2v) is 19.6. The van der Waals surface area contributed by atoms with E-state index in [1.807, 2.05) is 20.8 Å². The Bertz CT molecular complexity index is 1320. The van der Waals surface area contributed by atoms with Crippen LogP contribution in [0.3, 0.4) is 0 Å². The molecular formula is C39H66N6O6S. The Morgan fingerprint density at radius 2 is 1.63 bits per heavy atom. The number of likely N-dealkylation sites (tertiary alicyclic amines) is 1. The molecule has 4 fully saturated rings. The zero-order valence-electron chi connectivity index (χ0n) is 33.0. The number of nitrogens with one attached hydrogen (secondary N) is 4. The van der Waals surface area contributed by atoms with Gasteiger partial charge in [0.25, 0.3) is 5.91 Å². The lowest BCUT2D eigenvalue weighted by Crippen LogP contribution is -2.63. The Labute approximate surface area is 315 Å². The predicted molar refractivity (Wildman–Crippen MR) is 204 cm³/mol. The first-order valence-electron chi connectivity index (χ1n) is 19.4. The smallest absolute Gasteiger partial charge is 0.315 e. The van der Waals surface area contributed by atoms with Gasteiger partial charge in [0.1, 0.15) is 18.3 Å². The van der Waals surface area contributed by atoms with Crippen LogP contribution in [0.2, 0.25) is 0 Å². The van der Waals surface area contributed by atoms with Crippen LogP contribution in [0.25, 0.3) is 0 Å². The normalized spacial score (nSPS) is 26.3. The van der Waals surface area contributed by atoms with Gasteiger partial charge in [-0.05, 0) is 66.1 Å². The fourth-order valence-electron chi connectivity index (χ4n) is 8.92. The number of urea groups is 1. The van der Waals surface area contributed by atoms with Gasteiger partial charge in [-0.2, -0.15) is 0 Å². The van der Waals surface area contributed by atoms with Crippen molar-refractivity contribution in [3.8, 4) is 0 Å². The van der Waals surface area contributed by atoms with Gasteiger partial charge in [-0.3, -0.25) is 19.2 Å². The molecule has 0 aromatic carbocycles. The van der Waals surface area contributed by atoms with E-state index in [4.69, 9.17) is 0 Å². The van der Waals surface area contributed by atoms with Gasteiger partial charge >= 0.3 is 6.03 Å². The lowest BCUT2D eigenvalue weighted by molar-refractivity contribution is -0.145. The molecule has 7 atom stereocenters. The van der Waals surface area contributed by atoms with E-state index < -0.39 is 58.5 Å². The van der Waals surface area contributed by atoms with E-state index in [9.17, 15) is 23.7 Å². The summed E-state index contributed by atoms with van der Waals surface area (Å²) in [6.45, 7) is 17.0. The Hall–Kier alpha value is -2.64. The molecule has 12 nitrogen and oxygen atoms in total. The Morgan fingerprint density at radius 3 is 2.19 bits per heavy atom. The molecule has 2 unspecified atom stereocenters. The number of hydrogen-bond acceptors (Lipinski definition) is 7. The van der Waals surface area contributed by atoms with Gasteiger partial charge < -0.3 is 30.7 Å². The third-order valence-electron chi connectivity index (χ3n) is 12.8. The SMILES string of the molecule is C=CCNC(=O)C(=O)C(CC1CCC1)NC(=O)[C@@H]1[C@H]2CCC(C)(C)[C@H]2CN1C(=O)[C@@H](NC(=O)N[C@H](CN(C)[S+](C)[O-])C(C)(C)C)C1(C)CCCCC1. The summed E-state index contributed by atoms with van der Waals surface area (Å²) < 4.78 is 13.9. The van der Waals surface area contributed by atoms with Gasteiger partial charge in [-0.25, -0.2) is 4.79 Å². The maximum absolute atomic E-state index is 15.1. The molecule has 0 aromatic heterocycles. The lowest BCUT2D eigenvalue weighted by Gasteiger charge is -2.43. The van der Waals surface area contributed by atoms with E-state index >= 15 is 4.79 Å².